The number of halogens is 1. The largest absolute Gasteiger partial charge is 0.374 e. The Balaban J connectivity index is 1.78. The van der Waals surface area contributed by atoms with Crippen LogP contribution in [0.15, 0.2) is 30.5 Å². The molecule has 0 amide bonds. The zero-order valence-corrected chi connectivity index (χ0v) is 13.9. The number of rotatable bonds is 4. The number of aromatic nitrogens is 1. The maximum atomic E-state index is 6.26. The molecule has 0 saturated carbocycles. The third-order valence-electron chi connectivity index (χ3n) is 3.93. The van der Waals surface area contributed by atoms with Gasteiger partial charge in [0.2, 0.25) is 0 Å². The molecule has 118 valence electrons. The van der Waals surface area contributed by atoms with Crippen molar-refractivity contribution in [2.75, 3.05) is 40.3 Å². The van der Waals surface area contributed by atoms with Gasteiger partial charge in [0.25, 0.3) is 0 Å². The van der Waals surface area contributed by atoms with Crippen LogP contribution in [0.1, 0.15) is 5.56 Å². The number of nitrogens with zero attached hydrogens (tertiary/aromatic N) is 3. The number of fused-ring (bicyclic) bond motifs is 1. The highest BCUT2D eigenvalue weighted by atomic mass is 35.5. The lowest BCUT2D eigenvalue weighted by Crippen LogP contribution is -2.46. The summed E-state index contributed by atoms with van der Waals surface area (Å²) >= 11 is 6.26. The molecule has 1 saturated heterocycles. The van der Waals surface area contributed by atoms with Crippen molar-refractivity contribution in [3.63, 3.8) is 0 Å². The molecule has 1 aliphatic heterocycles. The smallest absolute Gasteiger partial charge is 0.0829 e. The normalized spacial score (nSPS) is 19.9. The maximum absolute atomic E-state index is 6.26. The van der Waals surface area contributed by atoms with Crippen LogP contribution in [0.25, 0.3) is 10.9 Å². The van der Waals surface area contributed by atoms with Crippen molar-refractivity contribution in [1.82, 2.24) is 14.8 Å². The lowest BCUT2D eigenvalue weighted by atomic mass is 10.1. The molecule has 2 heterocycles. The van der Waals surface area contributed by atoms with E-state index in [4.69, 9.17) is 16.3 Å². The molecule has 5 heteroatoms. The first-order valence-corrected chi connectivity index (χ1v) is 8.01. The molecule has 1 aromatic carbocycles. The minimum atomic E-state index is 0.266. The van der Waals surface area contributed by atoms with Crippen LogP contribution in [-0.2, 0) is 11.3 Å². The number of morpholine rings is 1. The van der Waals surface area contributed by atoms with E-state index >= 15 is 0 Å². The Morgan fingerprint density at radius 2 is 2.27 bits per heavy atom. The Bertz CT molecular complexity index is 647. The topological polar surface area (TPSA) is 28.6 Å². The SMILES string of the molecule is CN(C)C[C@H]1CN(Cc2cc(Cl)cc3cccnc23)CCO1. The monoisotopic (exact) mass is 319 g/mol. The Kier molecular flexibility index (Phi) is 4.93. The first-order valence-electron chi connectivity index (χ1n) is 7.63. The van der Waals surface area contributed by atoms with Crippen molar-refractivity contribution in [1.29, 1.82) is 0 Å². The second-order valence-electron chi connectivity index (χ2n) is 6.13. The minimum absolute atomic E-state index is 0.266. The summed E-state index contributed by atoms with van der Waals surface area (Å²) in [7, 11) is 4.16. The fraction of sp³-hybridized carbons (Fsp3) is 0.471. The Hall–Kier alpha value is -1.20. The van der Waals surface area contributed by atoms with Crippen molar-refractivity contribution < 1.29 is 4.74 Å². The summed E-state index contributed by atoms with van der Waals surface area (Å²) < 4.78 is 5.84. The highest BCUT2D eigenvalue weighted by Gasteiger charge is 2.21. The maximum Gasteiger partial charge on any atom is 0.0829 e. The lowest BCUT2D eigenvalue weighted by Gasteiger charge is -2.34. The van der Waals surface area contributed by atoms with Crippen molar-refractivity contribution >= 4 is 22.5 Å². The van der Waals surface area contributed by atoms with Gasteiger partial charge in [-0.3, -0.25) is 9.88 Å². The molecule has 1 aromatic heterocycles. The van der Waals surface area contributed by atoms with E-state index < -0.39 is 0 Å². The van der Waals surface area contributed by atoms with E-state index in [0.29, 0.717) is 0 Å². The van der Waals surface area contributed by atoms with E-state index in [9.17, 15) is 0 Å². The molecule has 3 rings (SSSR count). The summed E-state index contributed by atoms with van der Waals surface area (Å²) in [5.41, 5.74) is 2.23. The zero-order chi connectivity index (χ0) is 15.5. The highest BCUT2D eigenvalue weighted by Crippen LogP contribution is 2.24. The van der Waals surface area contributed by atoms with Gasteiger partial charge in [-0.2, -0.15) is 0 Å². The molecule has 0 unspecified atom stereocenters. The van der Waals surface area contributed by atoms with Crippen LogP contribution in [0.5, 0.6) is 0 Å². The first kappa shape index (κ1) is 15.7. The average molecular weight is 320 g/mol. The average Bonchev–Trinajstić information content (AvgIpc) is 2.46. The molecular formula is C17H22ClN3O. The third-order valence-corrected chi connectivity index (χ3v) is 4.15. The molecule has 0 radical (unpaired) electrons. The van der Waals surface area contributed by atoms with Crippen LogP contribution in [0, 0.1) is 0 Å². The van der Waals surface area contributed by atoms with E-state index in [2.05, 4.69) is 34.9 Å². The van der Waals surface area contributed by atoms with E-state index in [-0.39, 0.29) is 6.10 Å². The highest BCUT2D eigenvalue weighted by molar-refractivity contribution is 6.31. The first-order chi connectivity index (χ1) is 10.6. The Morgan fingerprint density at radius 3 is 3.09 bits per heavy atom. The van der Waals surface area contributed by atoms with E-state index in [1.807, 2.05) is 24.4 Å². The van der Waals surface area contributed by atoms with E-state index in [1.54, 1.807) is 0 Å². The van der Waals surface area contributed by atoms with Crippen LogP contribution < -0.4 is 0 Å². The van der Waals surface area contributed by atoms with Gasteiger partial charge in [0.05, 0.1) is 18.2 Å². The van der Waals surface area contributed by atoms with Gasteiger partial charge < -0.3 is 9.64 Å². The molecule has 1 fully saturated rings. The lowest BCUT2D eigenvalue weighted by molar-refractivity contribution is -0.0405. The standard InChI is InChI=1S/C17H22ClN3O/c1-20(2)11-16-12-21(6-7-22-16)10-14-9-15(18)8-13-4-3-5-19-17(13)14/h3-5,8-9,16H,6-7,10-12H2,1-2H3/t16-/m0/s1. The number of hydrogen-bond acceptors (Lipinski definition) is 4. The molecule has 0 spiro atoms. The summed E-state index contributed by atoms with van der Waals surface area (Å²) in [6.07, 6.45) is 2.11. The molecule has 0 N–H and O–H groups in total. The molecule has 4 nitrogen and oxygen atoms in total. The molecule has 22 heavy (non-hydrogen) atoms. The van der Waals surface area contributed by atoms with Crippen molar-refractivity contribution in [2.24, 2.45) is 0 Å². The van der Waals surface area contributed by atoms with Crippen molar-refractivity contribution in [3.05, 3.63) is 41.0 Å². The second-order valence-corrected chi connectivity index (χ2v) is 6.57. The molecule has 2 aromatic rings. The van der Waals surface area contributed by atoms with Gasteiger partial charge in [-0.15, -0.1) is 0 Å². The molecule has 0 bridgehead atoms. The van der Waals surface area contributed by atoms with Crippen LogP contribution in [0.3, 0.4) is 0 Å². The molecule has 1 aliphatic rings. The zero-order valence-electron chi connectivity index (χ0n) is 13.1. The summed E-state index contributed by atoms with van der Waals surface area (Å²) in [5, 5.41) is 1.87. The van der Waals surface area contributed by atoms with Crippen molar-refractivity contribution in [2.45, 2.75) is 12.6 Å². The predicted molar refractivity (Wildman–Crippen MR) is 90.3 cm³/mol. The molecular weight excluding hydrogens is 298 g/mol. The van der Waals surface area contributed by atoms with Gasteiger partial charge in [-0.05, 0) is 37.9 Å². The minimum Gasteiger partial charge on any atom is -0.374 e. The number of ether oxygens (including phenoxy) is 1. The molecule has 0 aliphatic carbocycles. The van der Waals surface area contributed by atoms with Crippen LogP contribution in [0.4, 0.5) is 0 Å². The van der Waals surface area contributed by atoms with Crippen LogP contribution in [-0.4, -0.2) is 61.2 Å². The summed E-state index contributed by atoms with van der Waals surface area (Å²) in [5.74, 6) is 0. The van der Waals surface area contributed by atoms with Gasteiger partial charge in [0, 0.05) is 42.8 Å². The fourth-order valence-electron chi connectivity index (χ4n) is 3.03. The number of hydrogen-bond donors (Lipinski definition) is 0. The van der Waals surface area contributed by atoms with Gasteiger partial charge in [-0.25, -0.2) is 0 Å². The predicted octanol–water partition coefficient (Wildman–Crippen LogP) is 2.65. The van der Waals surface area contributed by atoms with Crippen LogP contribution in [0.2, 0.25) is 5.02 Å². The Morgan fingerprint density at radius 1 is 1.41 bits per heavy atom. The Labute approximate surface area is 136 Å². The summed E-state index contributed by atoms with van der Waals surface area (Å²) in [6.45, 7) is 4.49. The van der Waals surface area contributed by atoms with Gasteiger partial charge in [-0.1, -0.05) is 17.7 Å². The summed E-state index contributed by atoms with van der Waals surface area (Å²) in [6, 6.07) is 8.02. The number of benzene rings is 1. The van der Waals surface area contributed by atoms with Gasteiger partial charge in [0.1, 0.15) is 0 Å². The summed E-state index contributed by atoms with van der Waals surface area (Å²) in [4.78, 5) is 9.13. The number of pyridine rings is 1. The second kappa shape index (κ2) is 6.92. The van der Waals surface area contributed by atoms with Crippen molar-refractivity contribution in [3.8, 4) is 0 Å². The van der Waals surface area contributed by atoms with E-state index in [0.717, 1.165) is 48.7 Å². The van der Waals surface area contributed by atoms with Gasteiger partial charge in [0.15, 0.2) is 0 Å². The number of likely N-dealkylation sites (N-methyl/N-ethyl adjacent to an activating group) is 1. The molecule has 1 atom stereocenters. The van der Waals surface area contributed by atoms with Crippen LogP contribution >= 0.6 is 11.6 Å². The third kappa shape index (κ3) is 3.76. The fourth-order valence-corrected chi connectivity index (χ4v) is 3.28. The van der Waals surface area contributed by atoms with Gasteiger partial charge >= 0.3 is 0 Å². The quantitative estimate of drug-likeness (QED) is 0.866. The van der Waals surface area contributed by atoms with E-state index in [1.165, 1.54) is 5.56 Å².